The fourth-order valence-electron chi connectivity index (χ4n) is 2.69. The lowest BCUT2D eigenvalue weighted by Crippen LogP contribution is -2.51. The van der Waals surface area contributed by atoms with Crippen molar-refractivity contribution in [3.63, 3.8) is 0 Å². The van der Waals surface area contributed by atoms with Crippen LogP contribution in [0.4, 0.5) is 0 Å². The highest BCUT2D eigenvalue weighted by Gasteiger charge is 2.40. The van der Waals surface area contributed by atoms with Gasteiger partial charge in [-0.05, 0) is 37.8 Å². The fraction of sp³-hybridized carbons (Fsp3) is 0.533. The maximum atomic E-state index is 12.6. The Labute approximate surface area is 119 Å². The normalized spacial score (nSPS) is 17.9. The monoisotopic (exact) mass is 278 g/mol. The SMILES string of the molecule is CSCCNC(=O)C1(c2ccccc2)CCNCC1. The molecule has 104 valence electrons. The highest BCUT2D eigenvalue weighted by atomic mass is 32.2. The molecule has 0 atom stereocenters. The van der Waals surface area contributed by atoms with E-state index in [1.54, 1.807) is 11.8 Å². The standard InChI is InChI=1S/C15H22N2OS/c1-19-12-11-17-14(18)15(7-9-16-10-8-15)13-5-3-2-4-6-13/h2-6,16H,7-12H2,1H3,(H,17,18). The number of hydrogen-bond donors (Lipinski definition) is 2. The van der Waals surface area contributed by atoms with Gasteiger partial charge in [0.25, 0.3) is 0 Å². The van der Waals surface area contributed by atoms with E-state index < -0.39 is 0 Å². The van der Waals surface area contributed by atoms with E-state index in [1.165, 1.54) is 0 Å². The number of carbonyl (C=O) groups is 1. The van der Waals surface area contributed by atoms with E-state index in [-0.39, 0.29) is 11.3 Å². The first-order valence-electron chi connectivity index (χ1n) is 6.83. The Hall–Kier alpha value is -1.00. The van der Waals surface area contributed by atoms with Crippen molar-refractivity contribution in [2.24, 2.45) is 0 Å². The van der Waals surface area contributed by atoms with E-state index >= 15 is 0 Å². The van der Waals surface area contributed by atoms with Gasteiger partial charge in [-0.1, -0.05) is 30.3 Å². The van der Waals surface area contributed by atoms with E-state index in [2.05, 4.69) is 29.0 Å². The van der Waals surface area contributed by atoms with Gasteiger partial charge in [0.15, 0.2) is 0 Å². The van der Waals surface area contributed by atoms with Gasteiger partial charge in [-0.25, -0.2) is 0 Å². The molecule has 0 aromatic heterocycles. The molecule has 1 heterocycles. The van der Waals surface area contributed by atoms with Crippen LogP contribution in [0, 0.1) is 0 Å². The van der Waals surface area contributed by atoms with Gasteiger partial charge in [0.05, 0.1) is 5.41 Å². The number of benzene rings is 1. The number of amides is 1. The maximum Gasteiger partial charge on any atom is 0.230 e. The zero-order valence-corrected chi connectivity index (χ0v) is 12.3. The van der Waals surface area contributed by atoms with Crippen LogP contribution in [-0.4, -0.2) is 37.6 Å². The molecule has 1 amide bonds. The predicted molar refractivity (Wildman–Crippen MR) is 81.6 cm³/mol. The minimum Gasteiger partial charge on any atom is -0.354 e. The average molecular weight is 278 g/mol. The van der Waals surface area contributed by atoms with Crippen LogP contribution in [0.3, 0.4) is 0 Å². The summed E-state index contributed by atoms with van der Waals surface area (Å²) in [7, 11) is 0. The van der Waals surface area contributed by atoms with E-state index in [4.69, 9.17) is 0 Å². The Morgan fingerprint density at radius 3 is 2.63 bits per heavy atom. The molecule has 1 fully saturated rings. The van der Waals surface area contributed by atoms with Gasteiger partial charge in [-0.15, -0.1) is 0 Å². The molecule has 0 saturated carbocycles. The molecule has 1 aromatic rings. The summed E-state index contributed by atoms with van der Waals surface area (Å²) >= 11 is 1.76. The van der Waals surface area contributed by atoms with Crippen LogP contribution in [0.2, 0.25) is 0 Å². The Kier molecular flexibility index (Phi) is 5.28. The van der Waals surface area contributed by atoms with Crippen LogP contribution in [0.5, 0.6) is 0 Å². The van der Waals surface area contributed by atoms with Crippen LogP contribution < -0.4 is 10.6 Å². The molecular formula is C15H22N2OS. The van der Waals surface area contributed by atoms with Crippen molar-refractivity contribution < 1.29 is 4.79 Å². The summed E-state index contributed by atoms with van der Waals surface area (Å²) in [6.07, 6.45) is 3.81. The zero-order chi connectivity index (χ0) is 13.6. The van der Waals surface area contributed by atoms with Crippen molar-refractivity contribution in [2.45, 2.75) is 18.3 Å². The van der Waals surface area contributed by atoms with Crippen molar-refractivity contribution in [3.05, 3.63) is 35.9 Å². The molecule has 1 aliphatic rings. The first-order valence-corrected chi connectivity index (χ1v) is 8.22. The van der Waals surface area contributed by atoms with E-state index in [1.807, 2.05) is 18.2 Å². The minimum atomic E-state index is -0.342. The first kappa shape index (κ1) is 14.4. The smallest absolute Gasteiger partial charge is 0.230 e. The number of rotatable bonds is 5. The highest BCUT2D eigenvalue weighted by molar-refractivity contribution is 7.98. The molecule has 0 spiro atoms. The van der Waals surface area contributed by atoms with Crippen molar-refractivity contribution >= 4 is 17.7 Å². The summed E-state index contributed by atoms with van der Waals surface area (Å²) in [6, 6.07) is 10.2. The van der Waals surface area contributed by atoms with Gasteiger partial charge < -0.3 is 10.6 Å². The van der Waals surface area contributed by atoms with Crippen LogP contribution in [0.25, 0.3) is 0 Å². The number of nitrogens with one attached hydrogen (secondary N) is 2. The van der Waals surface area contributed by atoms with E-state index in [9.17, 15) is 4.79 Å². The Balaban J connectivity index is 2.17. The molecule has 2 N–H and O–H groups in total. The average Bonchev–Trinajstić information content (AvgIpc) is 2.49. The van der Waals surface area contributed by atoms with Crippen LogP contribution in [0.1, 0.15) is 18.4 Å². The molecule has 1 aromatic carbocycles. The summed E-state index contributed by atoms with van der Waals surface area (Å²) in [6.45, 7) is 2.57. The number of thioether (sulfide) groups is 1. The first-order chi connectivity index (χ1) is 9.29. The maximum absolute atomic E-state index is 12.6. The lowest BCUT2D eigenvalue weighted by atomic mass is 9.72. The van der Waals surface area contributed by atoms with E-state index in [0.29, 0.717) is 0 Å². The van der Waals surface area contributed by atoms with Crippen LogP contribution >= 0.6 is 11.8 Å². The topological polar surface area (TPSA) is 41.1 Å². The molecule has 0 bridgehead atoms. The summed E-state index contributed by atoms with van der Waals surface area (Å²) in [5.41, 5.74) is 0.809. The van der Waals surface area contributed by atoms with Crippen LogP contribution in [-0.2, 0) is 10.2 Å². The molecule has 19 heavy (non-hydrogen) atoms. The zero-order valence-electron chi connectivity index (χ0n) is 11.4. The summed E-state index contributed by atoms with van der Waals surface area (Å²) in [4.78, 5) is 12.6. The summed E-state index contributed by atoms with van der Waals surface area (Å²) in [5.74, 6) is 1.16. The lowest BCUT2D eigenvalue weighted by Gasteiger charge is -2.36. The second-order valence-corrected chi connectivity index (χ2v) is 5.93. The number of piperidine rings is 1. The lowest BCUT2D eigenvalue weighted by molar-refractivity contribution is -0.127. The minimum absolute atomic E-state index is 0.189. The van der Waals surface area contributed by atoms with Gasteiger partial charge in [-0.3, -0.25) is 4.79 Å². The predicted octanol–water partition coefficient (Wildman–Crippen LogP) is 1.79. The summed E-state index contributed by atoms with van der Waals surface area (Å²) in [5, 5.41) is 6.45. The van der Waals surface area contributed by atoms with Gasteiger partial charge in [0.2, 0.25) is 5.91 Å². The van der Waals surface area contributed by atoms with Gasteiger partial charge >= 0.3 is 0 Å². The van der Waals surface area contributed by atoms with Gasteiger partial charge in [0.1, 0.15) is 0 Å². The quantitative estimate of drug-likeness (QED) is 0.807. The second-order valence-electron chi connectivity index (χ2n) is 4.95. The molecule has 1 aliphatic heterocycles. The van der Waals surface area contributed by atoms with E-state index in [0.717, 1.165) is 43.8 Å². The van der Waals surface area contributed by atoms with Crippen LogP contribution in [0.15, 0.2) is 30.3 Å². The molecule has 3 nitrogen and oxygen atoms in total. The largest absolute Gasteiger partial charge is 0.354 e. The molecule has 0 radical (unpaired) electrons. The third-order valence-corrected chi connectivity index (χ3v) is 4.42. The molecule has 0 aliphatic carbocycles. The molecule has 0 unspecified atom stereocenters. The number of hydrogen-bond acceptors (Lipinski definition) is 3. The third kappa shape index (κ3) is 3.31. The van der Waals surface area contributed by atoms with Gasteiger partial charge in [0, 0.05) is 12.3 Å². The third-order valence-electron chi connectivity index (χ3n) is 3.81. The summed E-state index contributed by atoms with van der Waals surface area (Å²) < 4.78 is 0. The Morgan fingerprint density at radius 1 is 1.32 bits per heavy atom. The fourth-order valence-corrected chi connectivity index (χ4v) is 3.00. The van der Waals surface area contributed by atoms with Gasteiger partial charge in [-0.2, -0.15) is 11.8 Å². The number of carbonyl (C=O) groups excluding carboxylic acids is 1. The Morgan fingerprint density at radius 2 is 2.00 bits per heavy atom. The molecular weight excluding hydrogens is 256 g/mol. The van der Waals surface area contributed by atoms with Crippen molar-refractivity contribution in [1.82, 2.24) is 10.6 Å². The molecule has 2 rings (SSSR count). The second kappa shape index (κ2) is 6.96. The van der Waals surface area contributed by atoms with Crippen molar-refractivity contribution in [1.29, 1.82) is 0 Å². The highest BCUT2D eigenvalue weighted by Crippen LogP contribution is 2.33. The molecule has 1 saturated heterocycles. The Bertz CT molecular complexity index is 402. The molecule has 4 heteroatoms. The van der Waals surface area contributed by atoms with Crippen molar-refractivity contribution in [2.75, 3.05) is 31.6 Å². The van der Waals surface area contributed by atoms with Crippen molar-refractivity contribution in [3.8, 4) is 0 Å².